The van der Waals surface area contributed by atoms with Gasteiger partial charge in [0.05, 0.1) is 11.3 Å². The maximum Gasteiger partial charge on any atom is 0.219 e. The average Bonchev–Trinajstić information content (AvgIpc) is 3.53. The van der Waals surface area contributed by atoms with Crippen molar-refractivity contribution >= 4 is 33.6 Å². The van der Waals surface area contributed by atoms with E-state index in [1.807, 2.05) is 13.0 Å². The minimum Gasteiger partial charge on any atom is -0.476 e. The summed E-state index contributed by atoms with van der Waals surface area (Å²) >= 11 is 1.44. The van der Waals surface area contributed by atoms with Gasteiger partial charge in [0.25, 0.3) is 0 Å². The summed E-state index contributed by atoms with van der Waals surface area (Å²) in [5.41, 5.74) is 15.4. The largest absolute Gasteiger partial charge is 0.476 e. The van der Waals surface area contributed by atoms with Crippen LogP contribution < -0.4 is 21.1 Å². The Labute approximate surface area is 258 Å². The molecule has 4 heterocycles. The SMILES string of the molecule is CCC/C(C(=O)[C@H]1CCCc2sc(N)c(C#N)c21)=C(/N)c1nc(OC[C@@H]2CCCN2C)cc(N2CCN(C)C3(CC3)C2)n1. The molecule has 3 fully saturated rings. The van der Waals surface area contributed by atoms with Crippen molar-refractivity contribution in [3.8, 4) is 11.9 Å². The number of aromatic nitrogens is 2. The molecule has 0 unspecified atom stereocenters. The van der Waals surface area contributed by atoms with E-state index in [2.05, 4.69) is 34.9 Å². The number of fused-ring (bicyclic) bond motifs is 1. The lowest BCUT2D eigenvalue weighted by Gasteiger charge is -2.40. The highest BCUT2D eigenvalue weighted by Gasteiger charge is 2.50. The fourth-order valence-electron chi connectivity index (χ4n) is 7.12. The monoisotopic (exact) mass is 604 g/mol. The standard InChI is InChI=1S/C32H44N8O2S/c1-4-7-22(29(41)21-9-5-10-24-27(21)23(17-33)30(35)43-24)28(34)31-36-25(40-15-14-39(3)32(19-40)11-12-32)16-26(37-31)42-18-20-8-6-13-38(20)2/h16,20-21H,4-15,18-19,34-35H2,1-3H3/b28-22-/t20-,21-/m0/s1. The molecule has 11 heteroatoms. The number of aryl methyl sites for hydroxylation is 1. The van der Waals surface area contributed by atoms with Crippen LogP contribution in [0.25, 0.3) is 5.70 Å². The summed E-state index contributed by atoms with van der Waals surface area (Å²) < 4.78 is 6.33. The number of nitrogen functional groups attached to an aromatic ring is 1. The van der Waals surface area contributed by atoms with E-state index in [9.17, 15) is 10.1 Å². The molecule has 2 aromatic rings. The van der Waals surface area contributed by atoms with Crippen molar-refractivity contribution in [1.29, 1.82) is 5.26 Å². The molecule has 230 valence electrons. The molecule has 0 amide bonds. The van der Waals surface area contributed by atoms with Crippen LogP contribution in [0.3, 0.4) is 0 Å². The molecule has 1 saturated carbocycles. The maximum atomic E-state index is 14.3. The quantitative estimate of drug-likeness (QED) is 0.405. The number of nitriles is 1. The third-order valence-electron chi connectivity index (χ3n) is 10.0. The fourth-order valence-corrected chi connectivity index (χ4v) is 8.25. The number of carbonyl (C=O) groups is 1. The van der Waals surface area contributed by atoms with Gasteiger partial charge in [0.2, 0.25) is 5.88 Å². The number of anilines is 2. The normalized spacial score (nSPS) is 24.0. The van der Waals surface area contributed by atoms with Gasteiger partial charge in [-0.1, -0.05) is 13.3 Å². The summed E-state index contributed by atoms with van der Waals surface area (Å²) in [6.07, 6.45) is 8.28. The lowest BCUT2D eigenvalue weighted by molar-refractivity contribution is -0.117. The average molecular weight is 605 g/mol. The highest BCUT2D eigenvalue weighted by atomic mass is 32.1. The Bertz CT molecular complexity index is 1460. The van der Waals surface area contributed by atoms with Crippen LogP contribution in [0.2, 0.25) is 0 Å². The van der Waals surface area contributed by atoms with Crippen LogP contribution in [0.15, 0.2) is 11.6 Å². The van der Waals surface area contributed by atoms with Gasteiger partial charge in [-0.25, -0.2) is 4.98 Å². The van der Waals surface area contributed by atoms with Gasteiger partial charge < -0.3 is 26.0 Å². The van der Waals surface area contributed by atoms with Crippen LogP contribution in [0.1, 0.15) is 86.0 Å². The highest BCUT2D eigenvalue weighted by Crippen LogP contribution is 2.45. The molecule has 0 bridgehead atoms. The molecule has 10 nitrogen and oxygen atoms in total. The number of ketones is 1. The third-order valence-corrected chi connectivity index (χ3v) is 11.1. The molecule has 0 aromatic carbocycles. The maximum absolute atomic E-state index is 14.3. The Morgan fingerprint density at radius 2 is 2.02 bits per heavy atom. The first-order chi connectivity index (χ1) is 20.7. The smallest absolute Gasteiger partial charge is 0.219 e. The molecule has 2 atom stereocenters. The zero-order chi connectivity index (χ0) is 30.3. The van der Waals surface area contributed by atoms with Gasteiger partial charge in [-0.2, -0.15) is 10.2 Å². The topological polar surface area (TPSA) is 138 Å². The van der Waals surface area contributed by atoms with Crippen LogP contribution >= 0.6 is 11.3 Å². The van der Waals surface area contributed by atoms with Crippen molar-refractivity contribution in [3.63, 3.8) is 0 Å². The van der Waals surface area contributed by atoms with Crippen molar-refractivity contribution in [2.24, 2.45) is 5.73 Å². The molecule has 4 N–H and O–H groups in total. The van der Waals surface area contributed by atoms with Crippen molar-refractivity contribution < 1.29 is 9.53 Å². The number of likely N-dealkylation sites (tertiary alicyclic amines) is 1. The number of rotatable bonds is 9. The molecule has 43 heavy (non-hydrogen) atoms. The third kappa shape index (κ3) is 5.73. The lowest BCUT2D eigenvalue weighted by atomic mass is 9.79. The first kappa shape index (κ1) is 29.9. The molecule has 4 aliphatic rings. The molecule has 0 radical (unpaired) electrons. The number of nitrogens with two attached hydrogens (primary N) is 2. The fraction of sp³-hybridized carbons (Fsp3) is 0.625. The Morgan fingerprint density at radius 3 is 2.72 bits per heavy atom. The van der Waals surface area contributed by atoms with Crippen LogP contribution in [-0.2, 0) is 11.2 Å². The predicted octanol–water partition coefficient (Wildman–Crippen LogP) is 3.91. The molecule has 2 aliphatic carbocycles. The van der Waals surface area contributed by atoms with Gasteiger partial charge in [0, 0.05) is 53.6 Å². The lowest BCUT2D eigenvalue weighted by Crippen LogP contribution is -2.53. The number of nitrogens with zero attached hydrogens (tertiary/aromatic N) is 6. The van der Waals surface area contributed by atoms with Gasteiger partial charge >= 0.3 is 0 Å². The van der Waals surface area contributed by atoms with Gasteiger partial charge in [0.15, 0.2) is 11.6 Å². The number of hydrogen-bond donors (Lipinski definition) is 2. The van der Waals surface area contributed by atoms with Gasteiger partial charge in [-0.3, -0.25) is 9.69 Å². The number of carbonyl (C=O) groups excluding carboxylic acids is 1. The Morgan fingerprint density at radius 1 is 1.21 bits per heavy atom. The molecule has 2 aliphatic heterocycles. The number of thiophene rings is 1. The van der Waals surface area contributed by atoms with Crippen molar-refractivity contribution in [2.75, 3.05) is 57.5 Å². The van der Waals surface area contributed by atoms with E-state index in [1.165, 1.54) is 30.6 Å². The van der Waals surface area contributed by atoms with Gasteiger partial charge in [-0.05, 0) is 77.6 Å². The van der Waals surface area contributed by atoms with Crippen LogP contribution in [0.5, 0.6) is 5.88 Å². The summed E-state index contributed by atoms with van der Waals surface area (Å²) in [5.74, 6) is 1.15. The first-order valence-electron chi connectivity index (χ1n) is 15.8. The van der Waals surface area contributed by atoms with E-state index in [1.54, 1.807) is 0 Å². The van der Waals surface area contributed by atoms with E-state index in [0.29, 0.717) is 59.0 Å². The van der Waals surface area contributed by atoms with Crippen LogP contribution in [-0.4, -0.2) is 84.0 Å². The Kier molecular flexibility index (Phi) is 8.37. The van der Waals surface area contributed by atoms with Gasteiger partial charge in [0.1, 0.15) is 23.5 Å². The van der Waals surface area contributed by atoms with E-state index >= 15 is 0 Å². The number of likely N-dealkylation sites (N-methyl/N-ethyl adjacent to an activating group) is 2. The van der Waals surface area contributed by atoms with E-state index in [0.717, 1.165) is 68.1 Å². The molecular weight excluding hydrogens is 560 g/mol. The van der Waals surface area contributed by atoms with Crippen LogP contribution in [0.4, 0.5) is 10.8 Å². The van der Waals surface area contributed by atoms with E-state index < -0.39 is 5.92 Å². The summed E-state index contributed by atoms with van der Waals surface area (Å²) in [6, 6.07) is 4.54. The predicted molar refractivity (Wildman–Crippen MR) is 170 cm³/mol. The van der Waals surface area contributed by atoms with Crippen molar-refractivity contribution in [3.05, 3.63) is 33.5 Å². The second kappa shape index (κ2) is 12.1. The highest BCUT2D eigenvalue weighted by molar-refractivity contribution is 7.16. The number of piperazine rings is 1. The number of ether oxygens (including phenoxy) is 1. The van der Waals surface area contributed by atoms with Crippen LogP contribution in [0, 0.1) is 11.3 Å². The van der Waals surface area contributed by atoms with Gasteiger partial charge in [-0.15, -0.1) is 11.3 Å². The molecule has 2 aromatic heterocycles. The second-order valence-electron chi connectivity index (χ2n) is 12.8. The summed E-state index contributed by atoms with van der Waals surface area (Å²) in [5, 5.41) is 10.4. The Balaban J connectivity index is 1.37. The molecule has 2 saturated heterocycles. The summed E-state index contributed by atoms with van der Waals surface area (Å²) in [4.78, 5) is 32.2. The van der Waals surface area contributed by atoms with Crippen molar-refractivity contribution in [2.45, 2.75) is 82.2 Å². The van der Waals surface area contributed by atoms with Crippen molar-refractivity contribution in [1.82, 2.24) is 19.8 Å². The van der Waals surface area contributed by atoms with E-state index in [-0.39, 0.29) is 11.3 Å². The Hall–Kier alpha value is -3.20. The number of allylic oxidation sites excluding steroid dienone is 1. The minimum absolute atomic E-state index is 0.0461. The zero-order valence-corrected chi connectivity index (χ0v) is 26.5. The second-order valence-corrected chi connectivity index (χ2v) is 13.9. The first-order valence-corrected chi connectivity index (χ1v) is 16.6. The minimum atomic E-state index is -0.434. The molecule has 1 spiro atoms. The molecule has 6 rings (SSSR count). The summed E-state index contributed by atoms with van der Waals surface area (Å²) in [7, 11) is 4.34. The zero-order valence-electron chi connectivity index (χ0n) is 25.7. The number of Topliss-reactive ketones (excluding diaryl/α,β-unsaturated/α-hetero) is 1. The molecular formula is C32H44N8O2S. The summed E-state index contributed by atoms with van der Waals surface area (Å²) in [6.45, 7) is 6.37. The van der Waals surface area contributed by atoms with E-state index in [4.69, 9.17) is 26.2 Å². The number of hydrogen-bond acceptors (Lipinski definition) is 11.